The molecule has 4 rings (SSSR count). The van der Waals surface area contributed by atoms with E-state index in [0.29, 0.717) is 36.1 Å². The molecule has 1 fully saturated rings. The molecule has 7 heteroatoms. The second-order valence-electron chi connectivity index (χ2n) is 6.67. The molecule has 0 atom stereocenters. The average Bonchev–Trinajstić information content (AvgIpc) is 3.17. The molecule has 138 valence electrons. The van der Waals surface area contributed by atoms with Gasteiger partial charge in [-0.1, -0.05) is 12.1 Å². The first-order chi connectivity index (χ1) is 13.2. The Kier molecular flexibility index (Phi) is 5.11. The molecule has 0 saturated carbocycles. The predicted molar refractivity (Wildman–Crippen MR) is 105 cm³/mol. The Labute approximate surface area is 161 Å². The normalized spacial score (nSPS) is 15.0. The molecule has 0 radical (unpaired) electrons. The molecule has 1 aliphatic heterocycles. The van der Waals surface area contributed by atoms with Gasteiger partial charge >= 0.3 is 0 Å². The maximum Gasteiger partial charge on any atom is 0.280 e. The largest absolute Gasteiger partial charge is 0.350 e. The summed E-state index contributed by atoms with van der Waals surface area (Å²) in [7, 11) is 0. The summed E-state index contributed by atoms with van der Waals surface area (Å²) in [5.41, 5.74) is 1.48. The first kappa shape index (κ1) is 17.6. The Hall–Kier alpha value is -2.80. The number of nitrogens with zero attached hydrogens (tertiary/aromatic N) is 3. The molecule has 1 aliphatic rings. The fourth-order valence-corrected chi connectivity index (χ4v) is 4.18. The Morgan fingerprint density at radius 3 is 2.70 bits per heavy atom. The van der Waals surface area contributed by atoms with Gasteiger partial charge in [-0.05, 0) is 43.0 Å². The molecule has 3 heterocycles. The van der Waals surface area contributed by atoms with Crippen molar-refractivity contribution >= 4 is 33.4 Å². The van der Waals surface area contributed by atoms with Crippen molar-refractivity contribution in [3.8, 4) is 0 Å². The van der Waals surface area contributed by atoms with Gasteiger partial charge in [0.2, 0.25) is 0 Å². The van der Waals surface area contributed by atoms with E-state index in [9.17, 15) is 9.59 Å². The number of likely N-dealkylation sites (tertiary alicyclic amines) is 1. The minimum Gasteiger partial charge on any atom is -0.350 e. The Balaban J connectivity index is 1.28. The van der Waals surface area contributed by atoms with E-state index in [1.54, 1.807) is 24.5 Å². The molecule has 3 aromatic rings. The molecule has 6 nitrogen and oxygen atoms in total. The minimum atomic E-state index is -0.120. The molecule has 1 N–H and O–H groups in total. The Bertz CT molecular complexity index is 916. The highest BCUT2D eigenvalue weighted by atomic mass is 32.1. The van der Waals surface area contributed by atoms with Gasteiger partial charge < -0.3 is 10.2 Å². The van der Waals surface area contributed by atoms with Crippen LogP contribution in [0.15, 0.2) is 48.8 Å². The molecule has 1 aromatic carbocycles. The smallest absolute Gasteiger partial charge is 0.280 e. The fourth-order valence-electron chi connectivity index (χ4n) is 3.29. The molecule has 0 unspecified atom stereocenters. The highest BCUT2D eigenvalue weighted by Crippen LogP contribution is 2.22. The number of carbonyl (C=O) groups is 2. The van der Waals surface area contributed by atoms with Crippen LogP contribution < -0.4 is 5.32 Å². The third-order valence-electron chi connectivity index (χ3n) is 4.85. The monoisotopic (exact) mass is 380 g/mol. The quantitative estimate of drug-likeness (QED) is 0.755. The standard InChI is InChI=1S/C20H20N4O2S/c25-18(19-23-16-5-1-2-6-17(16)27-19)22-12-14-7-10-24(11-8-14)20(26)15-4-3-9-21-13-15/h1-6,9,13-14H,7-8,10-12H2,(H,22,25). The van der Waals surface area contributed by atoms with Crippen LogP contribution in [0.3, 0.4) is 0 Å². The van der Waals surface area contributed by atoms with Gasteiger partial charge in [0.05, 0.1) is 15.8 Å². The molecule has 0 aliphatic carbocycles. The first-order valence-corrected chi connectivity index (χ1v) is 9.85. The number of fused-ring (bicyclic) bond motifs is 1. The van der Waals surface area contributed by atoms with Crippen molar-refractivity contribution in [3.63, 3.8) is 0 Å². The molecular weight excluding hydrogens is 360 g/mol. The predicted octanol–water partition coefficient (Wildman–Crippen LogP) is 2.97. The number of hydrogen-bond acceptors (Lipinski definition) is 5. The number of aromatic nitrogens is 2. The maximum absolute atomic E-state index is 12.5. The number of amides is 2. The van der Waals surface area contributed by atoms with Gasteiger partial charge in [-0.25, -0.2) is 4.98 Å². The second kappa shape index (κ2) is 7.84. The second-order valence-corrected chi connectivity index (χ2v) is 7.70. The summed E-state index contributed by atoms with van der Waals surface area (Å²) in [6.07, 6.45) is 5.03. The molecule has 0 bridgehead atoms. The number of para-hydroxylation sites is 1. The van der Waals surface area contributed by atoms with Gasteiger partial charge in [-0.2, -0.15) is 0 Å². The molecule has 2 amide bonds. The summed E-state index contributed by atoms with van der Waals surface area (Å²) in [6.45, 7) is 2.02. The van der Waals surface area contributed by atoms with E-state index in [0.717, 1.165) is 23.1 Å². The number of hydrogen-bond donors (Lipinski definition) is 1. The number of carbonyl (C=O) groups excluding carboxylic acids is 2. The number of pyridine rings is 1. The summed E-state index contributed by atoms with van der Waals surface area (Å²) < 4.78 is 1.02. The lowest BCUT2D eigenvalue weighted by atomic mass is 9.96. The number of nitrogens with one attached hydrogen (secondary N) is 1. The maximum atomic E-state index is 12.5. The third-order valence-corrected chi connectivity index (χ3v) is 5.88. The zero-order valence-corrected chi connectivity index (χ0v) is 15.6. The summed E-state index contributed by atoms with van der Waals surface area (Å²) >= 11 is 1.41. The zero-order chi connectivity index (χ0) is 18.6. The van der Waals surface area contributed by atoms with Gasteiger partial charge in [0.25, 0.3) is 11.8 Å². The van der Waals surface area contributed by atoms with E-state index in [1.807, 2.05) is 29.2 Å². The molecule has 1 saturated heterocycles. The van der Waals surface area contributed by atoms with Crippen LogP contribution >= 0.6 is 11.3 Å². The van der Waals surface area contributed by atoms with Crippen molar-refractivity contribution < 1.29 is 9.59 Å². The Morgan fingerprint density at radius 2 is 1.96 bits per heavy atom. The van der Waals surface area contributed by atoms with E-state index in [2.05, 4.69) is 15.3 Å². The number of piperidine rings is 1. The van der Waals surface area contributed by atoms with Crippen LogP contribution in [-0.4, -0.2) is 46.3 Å². The van der Waals surface area contributed by atoms with Gasteiger partial charge in [0, 0.05) is 32.0 Å². The van der Waals surface area contributed by atoms with Crippen molar-refractivity contribution in [2.24, 2.45) is 5.92 Å². The first-order valence-electron chi connectivity index (χ1n) is 9.04. The van der Waals surface area contributed by atoms with Crippen molar-refractivity contribution in [2.75, 3.05) is 19.6 Å². The van der Waals surface area contributed by atoms with E-state index in [1.165, 1.54) is 11.3 Å². The van der Waals surface area contributed by atoms with Crippen molar-refractivity contribution in [1.82, 2.24) is 20.2 Å². The fraction of sp³-hybridized carbons (Fsp3) is 0.300. The average molecular weight is 380 g/mol. The van der Waals surface area contributed by atoms with Crippen LogP contribution in [0.25, 0.3) is 10.2 Å². The van der Waals surface area contributed by atoms with Gasteiger partial charge in [-0.15, -0.1) is 11.3 Å². The Morgan fingerprint density at radius 1 is 1.15 bits per heavy atom. The van der Waals surface area contributed by atoms with E-state index < -0.39 is 0 Å². The lowest BCUT2D eigenvalue weighted by molar-refractivity contribution is 0.0684. The highest BCUT2D eigenvalue weighted by molar-refractivity contribution is 7.20. The van der Waals surface area contributed by atoms with Crippen LogP contribution in [0.1, 0.15) is 33.0 Å². The van der Waals surface area contributed by atoms with Crippen molar-refractivity contribution in [2.45, 2.75) is 12.8 Å². The molecular formula is C20H20N4O2S. The third kappa shape index (κ3) is 3.98. The summed E-state index contributed by atoms with van der Waals surface area (Å²) in [6, 6.07) is 11.3. The summed E-state index contributed by atoms with van der Waals surface area (Å²) in [4.78, 5) is 35.1. The number of thiazole rings is 1. The van der Waals surface area contributed by atoms with Crippen molar-refractivity contribution in [1.29, 1.82) is 0 Å². The van der Waals surface area contributed by atoms with E-state index >= 15 is 0 Å². The molecule has 2 aromatic heterocycles. The molecule has 27 heavy (non-hydrogen) atoms. The van der Waals surface area contributed by atoms with Crippen molar-refractivity contribution in [3.05, 3.63) is 59.4 Å². The van der Waals surface area contributed by atoms with Gasteiger partial charge in [-0.3, -0.25) is 14.6 Å². The topological polar surface area (TPSA) is 75.2 Å². The van der Waals surface area contributed by atoms with Crippen LogP contribution in [-0.2, 0) is 0 Å². The van der Waals surface area contributed by atoms with E-state index in [-0.39, 0.29) is 11.8 Å². The SMILES string of the molecule is O=C(NCC1CCN(C(=O)c2cccnc2)CC1)c1nc2ccccc2s1. The van der Waals surface area contributed by atoms with Crippen LogP contribution in [0.2, 0.25) is 0 Å². The van der Waals surface area contributed by atoms with Crippen LogP contribution in [0, 0.1) is 5.92 Å². The van der Waals surface area contributed by atoms with E-state index in [4.69, 9.17) is 0 Å². The van der Waals surface area contributed by atoms with Gasteiger partial charge in [0.1, 0.15) is 0 Å². The molecule has 0 spiro atoms. The summed E-state index contributed by atoms with van der Waals surface area (Å²) in [5, 5.41) is 3.50. The zero-order valence-electron chi connectivity index (χ0n) is 14.8. The lowest BCUT2D eigenvalue weighted by Gasteiger charge is -2.32. The highest BCUT2D eigenvalue weighted by Gasteiger charge is 2.24. The number of benzene rings is 1. The lowest BCUT2D eigenvalue weighted by Crippen LogP contribution is -2.41. The minimum absolute atomic E-state index is 0.0278. The van der Waals surface area contributed by atoms with Crippen LogP contribution in [0.4, 0.5) is 0 Å². The summed E-state index contributed by atoms with van der Waals surface area (Å²) in [5.74, 6) is 0.284. The van der Waals surface area contributed by atoms with Gasteiger partial charge in [0.15, 0.2) is 5.01 Å². The van der Waals surface area contributed by atoms with Crippen LogP contribution in [0.5, 0.6) is 0 Å². The number of rotatable bonds is 4.